The monoisotopic (exact) mass is 344 g/mol. The Bertz CT molecular complexity index is 797. The second-order valence-corrected chi connectivity index (χ2v) is 7.11. The van der Waals surface area contributed by atoms with E-state index >= 15 is 0 Å². The van der Waals surface area contributed by atoms with E-state index in [-0.39, 0.29) is 11.3 Å². The molecule has 3 heterocycles. The van der Waals surface area contributed by atoms with Crippen molar-refractivity contribution in [3.63, 3.8) is 0 Å². The van der Waals surface area contributed by atoms with Crippen LogP contribution in [0.25, 0.3) is 0 Å². The van der Waals surface area contributed by atoms with Gasteiger partial charge in [0.2, 0.25) is 11.8 Å². The molecule has 1 saturated carbocycles. The van der Waals surface area contributed by atoms with E-state index in [4.69, 9.17) is 4.42 Å². The van der Waals surface area contributed by atoms with Gasteiger partial charge in [-0.2, -0.15) is 9.90 Å². The zero-order chi connectivity index (χ0) is 17.6. The lowest BCUT2D eigenvalue weighted by Crippen LogP contribution is -2.35. The normalized spacial score (nSPS) is 25.6. The molecule has 0 bridgehead atoms. The lowest BCUT2D eigenvalue weighted by Gasteiger charge is -2.24. The van der Waals surface area contributed by atoms with E-state index in [0.29, 0.717) is 42.2 Å². The van der Waals surface area contributed by atoms with Crippen molar-refractivity contribution in [1.82, 2.24) is 30.1 Å². The first-order chi connectivity index (χ1) is 12.1. The highest BCUT2D eigenvalue weighted by molar-refractivity contribution is 5.93. The zero-order valence-corrected chi connectivity index (χ0v) is 15.0. The number of aromatic nitrogens is 5. The van der Waals surface area contributed by atoms with Gasteiger partial charge in [-0.1, -0.05) is 13.3 Å². The van der Waals surface area contributed by atoms with Gasteiger partial charge in [-0.05, 0) is 32.6 Å². The Labute approximate surface area is 146 Å². The van der Waals surface area contributed by atoms with Gasteiger partial charge in [0, 0.05) is 19.5 Å². The minimum Gasteiger partial charge on any atom is -0.425 e. The third-order valence-corrected chi connectivity index (χ3v) is 5.66. The number of hydrogen-bond donors (Lipinski definition) is 0. The van der Waals surface area contributed by atoms with Gasteiger partial charge in [0.15, 0.2) is 5.69 Å². The Kier molecular flexibility index (Phi) is 3.85. The molecule has 0 spiro atoms. The Morgan fingerprint density at radius 2 is 2.16 bits per heavy atom. The summed E-state index contributed by atoms with van der Waals surface area (Å²) in [5, 5.41) is 17.1. The topological polar surface area (TPSA) is 89.9 Å². The summed E-state index contributed by atoms with van der Waals surface area (Å²) in [5.74, 6) is 1.71. The summed E-state index contributed by atoms with van der Waals surface area (Å²) in [6.07, 6.45) is 3.96. The summed E-state index contributed by atoms with van der Waals surface area (Å²) in [7, 11) is 0. The van der Waals surface area contributed by atoms with E-state index in [1.54, 1.807) is 4.80 Å². The maximum absolute atomic E-state index is 13.0. The summed E-state index contributed by atoms with van der Waals surface area (Å²) >= 11 is 0. The van der Waals surface area contributed by atoms with E-state index < -0.39 is 0 Å². The Morgan fingerprint density at radius 3 is 2.84 bits per heavy atom. The van der Waals surface area contributed by atoms with Crippen LogP contribution in [0, 0.1) is 12.8 Å². The number of nitrogens with zero attached hydrogens (tertiary/aromatic N) is 6. The molecule has 1 aliphatic heterocycles. The molecular weight excluding hydrogens is 320 g/mol. The average molecular weight is 344 g/mol. The maximum Gasteiger partial charge on any atom is 0.276 e. The number of likely N-dealkylation sites (tertiary alicyclic amines) is 1. The van der Waals surface area contributed by atoms with Crippen LogP contribution in [0.5, 0.6) is 0 Å². The molecule has 0 aromatic carbocycles. The van der Waals surface area contributed by atoms with Crippen LogP contribution in [0.2, 0.25) is 0 Å². The summed E-state index contributed by atoms with van der Waals surface area (Å²) in [5.41, 5.74) is 0.950. The maximum atomic E-state index is 13.0. The number of fused-ring (bicyclic) bond motifs is 1. The fourth-order valence-electron chi connectivity index (χ4n) is 4.31. The van der Waals surface area contributed by atoms with Crippen molar-refractivity contribution in [2.24, 2.45) is 5.92 Å². The fourth-order valence-corrected chi connectivity index (χ4v) is 4.31. The van der Waals surface area contributed by atoms with Gasteiger partial charge < -0.3 is 9.32 Å². The number of rotatable bonds is 4. The molecule has 8 nitrogen and oxygen atoms in total. The van der Waals surface area contributed by atoms with Crippen LogP contribution in [0.3, 0.4) is 0 Å². The Hall–Kier alpha value is -2.25. The summed E-state index contributed by atoms with van der Waals surface area (Å²) < 4.78 is 5.91. The number of aryl methyl sites for hydroxylation is 3. The highest BCUT2D eigenvalue weighted by Crippen LogP contribution is 2.50. The molecule has 4 rings (SSSR count). The van der Waals surface area contributed by atoms with Crippen LogP contribution in [-0.4, -0.2) is 49.1 Å². The summed E-state index contributed by atoms with van der Waals surface area (Å²) in [6.45, 7) is 7.81. The highest BCUT2D eigenvalue weighted by atomic mass is 16.4. The Balaban J connectivity index is 1.62. The van der Waals surface area contributed by atoms with Gasteiger partial charge >= 0.3 is 0 Å². The molecule has 25 heavy (non-hydrogen) atoms. The van der Waals surface area contributed by atoms with Crippen molar-refractivity contribution in [2.45, 2.75) is 58.4 Å². The van der Waals surface area contributed by atoms with Crippen molar-refractivity contribution < 1.29 is 9.21 Å². The molecule has 2 fully saturated rings. The minimum atomic E-state index is -0.190. The van der Waals surface area contributed by atoms with E-state index in [9.17, 15) is 4.79 Å². The minimum absolute atomic E-state index is 0.0406. The van der Waals surface area contributed by atoms with Gasteiger partial charge in [0.1, 0.15) is 0 Å². The summed E-state index contributed by atoms with van der Waals surface area (Å²) in [4.78, 5) is 16.5. The molecule has 1 amide bonds. The van der Waals surface area contributed by atoms with Crippen LogP contribution in [-0.2, 0) is 18.4 Å². The van der Waals surface area contributed by atoms with E-state index in [1.807, 2.05) is 25.7 Å². The molecular formula is C17H24N6O2. The fraction of sp³-hybridized carbons (Fsp3) is 0.706. The first-order valence-corrected chi connectivity index (χ1v) is 9.11. The molecule has 1 saturated heterocycles. The number of carbonyl (C=O) groups excluding carboxylic acids is 1. The quantitative estimate of drug-likeness (QED) is 0.839. The van der Waals surface area contributed by atoms with Crippen LogP contribution in [0.4, 0.5) is 0 Å². The van der Waals surface area contributed by atoms with Crippen LogP contribution in [0.15, 0.2) is 4.42 Å². The van der Waals surface area contributed by atoms with Crippen molar-refractivity contribution in [3.05, 3.63) is 23.2 Å². The third-order valence-electron chi connectivity index (χ3n) is 5.66. The average Bonchev–Trinajstić information content (AvgIpc) is 3.35. The smallest absolute Gasteiger partial charge is 0.276 e. The lowest BCUT2D eigenvalue weighted by molar-refractivity contribution is 0.0768. The number of amides is 1. The van der Waals surface area contributed by atoms with Crippen molar-refractivity contribution in [2.75, 3.05) is 13.1 Å². The molecule has 0 unspecified atom stereocenters. The zero-order valence-electron chi connectivity index (χ0n) is 15.0. The Morgan fingerprint density at radius 1 is 1.32 bits per heavy atom. The first-order valence-electron chi connectivity index (χ1n) is 9.11. The van der Waals surface area contributed by atoms with Crippen LogP contribution >= 0.6 is 0 Å². The standard InChI is InChI=1S/C17H24N6O2/c1-4-13-18-19-16(25-13)17-8-6-7-12(17)9-22(10-17)15(24)14-11(3)20-23(5-2)21-14/h12H,4-10H2,1-3H3/t12-,17-/m0/s1. The first kappa shape index (κ1) is 16.2. The largest absolute Gasteiger partial charge is 0.425 e. The number of carbonyl (C=O) groups is 1. The number of hydrogen-bond acceptors (Lipinski definition) is 6. The third kappa shape index (κ3) is 2.46. The van der Waals surface area contributed by atoms with Crippen molar-refractivity contribution >= 4 is 5.91 Å². The predicted molar refractivity (Wildman–Crippen MR) is 89.0 cm³/mol. The molecule has 1 aliphatic carbocycles. The summed E-state index contributed by atoms with van der Waals surface area (Å²) in [6, 6.07) is 0. The van der Waals surface area contributed by atoms with Gasteiger partial charge in [0.05, 0.1) is 17.7 Å². The molecule has 134 valence electrons. The van der Waals surface area contributed by atoms with Gasteiger partial charge in [-0.25, -0.2) is 0 Å². The molecule has 0 N–H and O–H groups in total. The molecule has 8 heteroatoms. The SMILES string of the molecule is CCc1nnc([C@]23CCC[C@H]2CN(C(=O)c2nn(CC)nc2C)C3)o1. The van der Waals surface area contributed by atoms with Crippen molar-refractivity contribution in [3.8, 4) is 0 Å². The van der Waals surface area contributed by atoms with E-state index in [2.05, 4.69) is 20.4 Å². The molecule has 2 atom stereocenters. The van der Waals surface area contributed by atoms with E-state index in [0.717, 1.165) is 32.2 Å². The van der Waals surface area contributed by atoms with Crippen LogP contribution < -0.4 is 0 Å². The van der Waals surface area contributed by atoms with Crippen molar-refractivity contribution in [1.29, 1.82) is 0 Å². The van der Waals surface area contributed by atoms with E-state index in [1.165, 1.54) is 0 Å². The van der Waals surface area contributed by atoms with Gasteiger partial charge in [0.25, 0.3) is 5.91 Å². The second kappa shape index (κ2) is 5.93. The predicted octanol–water partition coefficient (Wildman–Crippen LogP) is 1.75. The van der Waals surface area contributed by atoms with Crippen LogP contribution in [0.1, 0.15) is 61.1 Å². The second-order valence-electron chi connectivity index (χ2n) is 7.11. The van der Waals surface area contributed by atoms with Gasteiger partial charge in [-0.15, -0.1) is 15.3 Å². The van der Waals surface area contributed by atoms with Gasteiger partial charge in [-0.3, -0.25) is 4.79 Å². The molecule has 2 aliphatic rings. The molecule has 2 aromatic heterocycles. The highest BCUT2D eigenvalue weighted by Gasteiger charge is 2.55. The molecule has 2 aromatic rings. The molecule has 0 radical (unpaired) electrons. The lowest BCUT2D eigenvalue weighted by atomic mass is 9.80.